The number of aromatic nitrogens is 1. The van der Waals surface area contributed by atoms with Gasteiger partial charge in [-0.3, -0.25) is 9.78 Å². The predicted molar refractivity (Wildman–Crippen MR) is 91.6 cm³/mol. The Morgan fingerprint density at radius 1 is 1.31 bits per heavy atom. The molecule has 2 aromatic rings. The molecule has 0 fully saturated rings. The van der Waals surface area contributed by atoms with Crippen LogP contribution in [-0.4, -0.2) is 17.4 Å². The van der Waals surface area contributed by atoms with E-state index in [0.717, 1.165) is 43.3 Å². The number of aryl methyl sites for hydroxylation is 1. The zero-order valence-electron chi connectivity index (χ0n) is 14.1. The highest BCUT2D eigenvalue weighted by Gasteiger charge is 2.33. The zero-order valence-corrected chi connectivity index (χ0v) is 14.1. The van der Waals surface area contributed by atoms with Crippen molar-refractivity contribution in [3.05, 3.63) is 64.5 Å². The van der Waals surface area contributed by atoms with Crippen LogP contribution in [0.3, 0.4) is 0 Å². The number of amides is 1. The Morgan fingerprint density at radius 2 is 2.12 bits per heavy atom. The molecular formula is C19H20F3N3O. The normalized spacial score (nSPS) is 16.8. The number of nitrogens with two attached hydrogens (primary N) is 1. The fourth-order valence-corrected chi connectivity index (χ4v) is 3.41. The summed E-state index contributed by atoms with van der Waals surface area (Å²) in [5.74, 6) is -0.187. The average Bonchev–Trinajstić information content (AvgIpc) is 2.64. The third kappa shape index (κ3) is 3.88. The quantitative estimate of drug-likeness (QED) is 0.875. The smallest absolute Gasteiger partial charge is 0.348 e. The van der Waals surface area contributed by atoms with Crippen LogP contribution in [0.5, 0.6) is 0 Å². The molecule has 0 spiro atoms. The molecule has 1 unspecified atom stereocenters. The third-order valence-corrected chi connectivity index (χ3v) is 4.78. The SMILES string of the molecule is NCC1CCCc2ccc(C(=O)NCc3cnccc3C(F)(F)F)cc21. The second-order valence-electron chi connectivity index (χ2n) is 6.45. The van der Waals surface area contributed by atoms with Crippen LogP contribution in [0, 0.1) is 0 Å². The van der Waals surface area contributed by atoms with Gasteiger partial charge in [-0.15, -0.1) is 0 Å². The Morgan fingerprint density at radius 3 is 2.85 bits per heavy atom. The molecule has 26 heavy (non-hydrogen) atoms. The van der Waals surface area contributed by atoms with Gasteiger partial charge in [0.05, 0.1) is 5.56 Å². The number of carbonyl (C=O) groups is 1. The van der Waals surface area contributed by atoms with Crippen LogP contribution in [0.15, 0.2) is 36.7 Å². The largest absolute Gasteiger partial charge is 0.416 e. The van der Waals surface area contributed by atoms with E-state index < -0.39 is 17.6 Å². The van der Waals surface area contributed by atoms with Crippen molar-refractivity contribution in [2.75, 3.05) is 6.54 Å². The van der Waals surface area contributed by atoms with E-state index in [-0.39, 0.29) is 18.0 Å². The van der Waals surface area contributed by atoms with Crippen LogP contribution in [0.2, 0.25) is 0 Å². The second kappa shape index (κ2) is 7.45. The first-order chi connectivity index (χ1) is 12.4. The summed E-state index contributed by atoms with van der Waals surface area (Å²) in [4.78, 5) is 16.1. The van der Waals surface area contributed by atoms with E-state index in [1.54, 1.807) is 6.07 Å². The minimum absolute atomic E-state index is 0.0638. The number of benzene rings is 1. The number of halogens is 3. The number of fused-ring (bicyclic) bond motifs is 1. The Hall–Kier alpha value is -2.41. The molecule has 0 saturated heterocycles. The van der Waals surface area contributed by atoms with Crippen LogP contribution < -0.4 is 11.1 Å². The lowest BCUT2D eigenvalue weighted by molar-refractivity contribution is -0.138. The van der Waals surface area contributed by atoms with E-state index in [1.807, 2.05) is 12.1 Å². The number of nitrogens with one attached hydrogen (secondary N) is 1. The predicted octanol–water partition coefficient (Wildman–Crippen LogP) is 3.41. The van der Waals surface area contributed by atoms with Gasteiger partial charge >= 0.3 is 6.18 Å². The molecule has 3 rings (SSSR count). The molecule has 7 heteroatoms. The van der Waals surface area contributed by atoms with Gasteiger partial charge in [0.15, 0.2) is 0 Å². The number of rotatable bonds is 4. The molecule has 0 radical (unpaired) electrons. The lowest BCUT2D eigenvalue weighted by Crippen LogP contribution is -2.25. The number of hydrogen-bond donors (Lipinski definition) is 2. The summed E-state index contributed by atoms with van der Waals surface area (Å²) < 4.78 is 39.0. The maximum Gasteiger partial charge on any atom is 0.416 e. The lowest BCUT2D eigenvalue weighted by atomic mass is 9.82. The number of hydrogen-bond acceptors (Lipinski definition) is 3. The molecule has 1 aromatic carbocycles. The molecule has 1 aliphatic rings. The van der Waals surface area contributed by atoms with Crippen molar-refractivity contribution in [2.45, 2.75) is 37.9 Å². The summed E-state index contributed by atoms with van der Waals surface area (Å²) in [5, 5.41) is 2.56. The first-order valence-electron chi connectivity index (χ1n) is 8.51. The van der Waals surface area contributed by atoms with E-state index in [1.165, 1.54) is 5.56 Å². The van der Waals surface area contributed by atoms with Crippen LogP contribution in [-0.2, 0) is 19.1 Å². The van der Waals surface area contributed by atoms with E-state index in [0.29, 0.717) is 12.1 Å². The van der Waals surface area contributed by atoms with Gasteiger partial charge in [-0.05, 0) is 61.1 Å². The van der Waals surface area contributed by atoms with Crippen molar-refractivity contribution in [1.82, 2.24) is 10.3 Å². The highest BCUT2D eigenvalue weighted by molar-refractivity contribution is 5.94. The highest BCUT2D eigenvalue weighted by atomic mass is 19.4. The summed E-state index contributed by atoms with van der Waals surface area (Å²) >= 11 is 0. The van der Waals surface area contributed by atoms with Crippen molar-refractivity contribution in [2.24, 2.45) is 5.73 Å². The molecule has 3 N–H and O–H groups in total. The molecule has 1 aliphatic carbocycles. The third-order valence-electron chi connectivity index (χ3n) is 4.78. The average molecular weight is 363 g/mol. The van der Waals surface area contributed by atoms with Gasteiger partial charge in [-0.2, -0.15) is 13.2 Å². The van der Waals surface area contributed by atoms with Gasteiger partial charge in [-0.1, -0.05) is 6.07 Å². The molecule has 0 saturated carbocycles. The minimum Gasteiger partial charge on any atom is -0.348 e. The summed E-state index contributed by atoms with van der Waals surface area (Å²) in [6, 6.07) is 6.35. The van der Waals surface area contributed by atoms with Crippen molar-refractivity contribution in [1.29, 1.82) is 0 Å². The van der Waals surface area contributed by atoms with E-state index in [9.17, 15) is 18.0 Å². The number of carbonyl (C=O) groups excluding carboxylic acids is 1. The Labute approximate surface area is 149 Å². The van der Waals surface area contributed by atoms with E-state index in [4.69, 9.17) is 5.73 Å². The summed E-state index contributed by atoms with van der Waals surface area (Å²) in [6.45, 7) is 0.279. The Balaban J connectivity index is 1.76. The van der Waals surface area contributed by atoms with Gasteiger partial charge in [0.2, 0.25) is 0 Å². The van der Waals surface area contributed by atoms with E-state index in [2.05, 4.69) is 10.3 Å². The maximum atomic E-state index is 13.0. The molecule has 1 heterocycles. The van der Waals surface area contributed by atoms with Gasteiger partial charge in [0.25, 0.3) is 5.91 Å². The van der Waals surface area contributed by atoms with Crippen LogP contribution >= 0.6 is 0 Å². The Bertz CT molecular complexity index is 805. The number of nitrogens with zero attached hydrogens (tertiary/aromatic N) is 1. The maximum absolute atomic E-state index is 13.0. The molecule has 0 aliphatic heterocycles. The van der Waals surface area contributed by atoms with Gasteiger partial charge in [0.1, 0.15) is 0 Å². The van der Waals surface area contributed by atoms with Crippen LogP contribution in [0.25, 0.3) is 0 Å². The van der Waals surface area contributed by atoms with Crippen molar-refractivity contribution in [3.8, 4) is 0 Å². The van der Waals surface area contributed by atoms with Crippen molar-refractivity contribution >= 4 is 5.91 Å². The standard InChI is InChI=1S/C19H20F3N3O/c20-19(21,22)17-6-7-24-10-15(17)11-25-18(26)13-5-4-12-2-1-3-14(9-23)16(12)8-13/h4-8,10,14H,1-3,9,11,23H2,(H,25,26). The minimum atomic E-state index is -4.48. The monoisotopic (exact) mass is 363 g/mol. The summed E-state index contributed by atoms with van der Waals surface area (Å²) in [6.07, 6.45) is 0.743. The van der Waals surface area contributed by atoms with Gasteiger partial charge in [0, 0.05) is 30.1 Å². The second-order valence-corrected chi connectivity index (χ2v) is 6.45. The Kier molecular flexibility index (Phi) is 5.27. The van der Waals surface area contributed by atoms with Gasteiger partial charge < -0.3 is 11.1 Å². The van der Waals surface area contributed by atoms with Crippen molar-refractivity contribution < 1.29 is 18.0 Å². The topological polar surface area (TPSA) is 68.0 Å². The molecular weight excluding hydrogens is 343 g/mol. The number of pyridine rings is 1. The highest BCUT2D eigenvalue weighted by Crippen LogP contribution is 2.32. The molecule has 1 amide bonds. The van der Waals surface area contributed by atoms with Crippen molar-refractivity contribution in [3.63, 3.8) is 0 Å². The molecule has 4 nitrogen and oxygen atoms in total. The van der Waals surface area contributed by atoms with E-state index >= 15 is 0 Å². The fourth-order valence-electron chi connectivity index (χ4n) is 3.41. The zero-order chi connectivity index (χ0) is 18.7. The first-order valence-corrected chi connectivity index (χ1v) is 8.51. The first kappa shape index (κ1) is 18.4. The molecule has 138 valence electrons. The summed E-state index contributed by atoms with van der Waals surface area (Å²) in [5.41, 5.74) is 7.66. The van der Waals surface area contributed by atoms with Gasteiger partial charge in [-0.25, -0.2) is 0 Å². The molecule has 1 aromatic heterocycles. The molecule has 0 bridgehead atoms. The molecule has 1 atom stereocenters. The summed E-state index contributed by atoms with van der Waals surface area (Å²) in [7, 11) is 0. The van der Waals surface area contributed by atoms with Crippen LogP contribution in [0.4, 0.5) is 13.2 Å². The number of alkyl halides is 3. The van der Waals surface area contributed by atoms with Crippen LogP contribution in [0.1, 0.15) is 51.4 Å². The fraction of sp³-hybridized carbons (Fsp3) is 0.368. The lowest BCUT2D eigenvalue weighted by Gasteiger charge is -2.24.